The van der Waals surface area contributed by atoms with Gasteiger partial charge in [0.15, 0.2) is 5.78 Å². The smallest absolute Gasteiger partial charge is 0.339 e. The Bertz CT molecular complexity index is 1300. The molecule has 2 aromatic carbocycles. The van der Waals surface area contributed by atoms with Gasteiger partial charge in [0, 0.05) is 39.7 Å². The Labute approximate surface area is 195 Å². The highest BCUT2D eigenvalue weighted by molar-refractivity contribution is 6.31. The molecule has 1 amide bonds. The van der Waals surface area contributed by atoms with Crippen LogP contribution >= 0.6 is 11.6 Å². The van der Waals surface area contributed by atoms with Crippen LogP contribution < -0.4 is 16.0 Å². The lowest BCUT2D eigenvalue weighted by Gasteiger charge is -2.44. The summed E-state index contributed by atoms with van der Waals surface area (Å²) in [7, 11) is 1.23. The van der Waals surface area contributed by atoms with E-state index < -0.39 is 17.3 Å². The monoisotopic (exact) mass is 463 g/mol. The number of fused-ring (bicyclic) bond motifs is 3. The number of ketones is 1. The van der Waals surface area contributed by atoms with Crippen molar-refractivity contribution in [3.8, 4) is 0 Å². The molecule has 2 heterocycles. The Balaban J connectivity index is 1.91. The number of anilines is 2. The summed E-state index contributed by atoms with van der Waals surface area (Å²) >= 11 is 6.31. The number of carbonyl (C=O) groups is 3. The molecular weight excluding hydrogens is 442 g/mol. The number of rotatable bonds is 2. The third-order valence-corrected chi connectivity index (χ3v) is 6.79. The van der Waals surface area contributed by atoms with E-state index in [0.29, 0.717) is 40.5 Å². The van der Waals surface area contributed by atoms with Gasteiger partial charge >= 0.3 is 5.97 Å². The zero-order valence-corrected chi connectivity index (χ0v) is 19.0. The number of aryl methyl sites for hydroxylation is 1. The average molecular weight is 464 g/mol. The Hall–Kier alpha value is -3.58. The highest BCUT2D eigenvalue weighted by atomic mass is 35.5. The summed E-state index contributed by atoms with van der Waals surface area (Å²) in [5, 5.41) is 3.20. The lowest BCUT2D eigenvalue weighted by Crippen LogP contribution is -2.53. The van der Waals surface area contributed by atoms with Gasteiger partial charge in [0.1, 0.15) is 16.8 Å². The predicted molar refractivity (Wildman–Crippen MR) is 125 cm³/mol. The van der Waals surface area contributed by atoms with Crippen LogP contribution in [0, 0.1) is 6.92 Å². The number of nitrogens with one attached hydrogen (secondary N) is 1. The fourth-order valence-corrected chi connectivity index (χ4v) is 5.34. The van der Waals surface area contributed by atoms with E-state index in [2.05, 4.69) is 5.32 Å². The topological polar surface area (TPSA) is 102 Å². The fourth-order valence-electron chi connectivity index (χ4n) is 5.17. The third-order valence-electron chi connectivity index (χ3n) is 6.56. The lowest BCUT2D eigenvalue weighted by molar-refractivity contribution is -0.138. The molecule has 1 aliphatic carbocycles. The maximum atomic E-state index is 13.7. The number of Topliss-reactive ketones (excluding diaryl/α,β-unsaturated/α-hetero) is 1. The van der Waals surface area contributed by atoms with Gasteiger partial charge in [-0.25, -0.2) is 4.79 Å². The second kappa shape index (κ2) is 7.49. The standard InChI is InChI=1S/C25H22ClN3O4/c1-13-6-9-15(10-7-13)29-18-4-3-5-19(30)20(18)25(21(22(29)27)23(31)33-2)16-12-14(26)8-11-17(16)28-24(25)32/h6-12H,3-5,27H2,1-2H3,(H,28,32). The van der Waals surface area contributed by atoms with Gasteiger partial charge in [0.05, 0.1) is 7.11 Å². The molecule has 8 heteroatoms. The maximum absolute atomic E-state index is 13.7. The number of ether oxygens (including phenoxy) is 1. The van der Waals surface area contributed by atoms with Crippen molar-refractivity contribution in [3.63, 3.8) is 0 Å². The highest BCUT2D eigenvalue weighted by Crippen LogP contribution is 2.55. The van der Waals surface area contributed by atoms with Crippen LogP contribution in [0.1, 0.15) is 30.4 Å². The molecule has 0 fully saturated rings. The molecule has 1 spiro atoms. The molecule has 0 aromatic heterocycles. The number of nitrogens with two attached hydrogens (primary N) is 1. The summed E-state index contributed by atoms with van der Waals surface area (Å²) in [5.74, 6) is -1.45. The van der Waals surface area contributed by atoms with Crippen molar-refractivity contribution in [1.29, 1.82) is 0 Å². The second-order valence-corrected chi connectivity index (χ2v) is 8.85. The van der Waals surface area contributed by atoms with Crippen LogP contribution in [0.25, 0.3) is 0 Å². The van der Waals surface area contributed by atoms with Crippen molar-refractivity contribution in [1.82, 2.24) is 0 Å². The molecule has 3 N–H and O–H groups in total. The van der Waals surface area contributed by atoms with Crippen LogP contribution in [0.2, 0.25) is 5.02 Å². The first-order valence-corrected chi connectivity index (χ1v) is 11.0. The molecule has 3 aliphatic rings. The highest BCUT2D eigenvalue weighted by Gasteiger charge is 2.62. The lowest BCUT2D eigenvalue weighted by atomic mass is 9.63. The van der Waals surface area contributed by atoms with Crippen molar-refractivity contribution in [3.05, 3.63) is 81.3 Å². The van der Waals surface area contributed by atoms with E-state index in [1.165, 1.54) is 7.11 Å². The minimum Gasteiger partial charge on any atom is -0.466 e. The SMILES string of the molecule is COC(=O)C1=C(N)N(c2ccc(C)cc2)C2=C(C(=O)CCC2)C12C(=O)Nc1ccc(Cl)cc12. The Morgan fingerprint density at radius 3 is 2.58 bits per heavy atom. The van der Waals surface area contributed by atoms with E-state index in [9.17, 15) is 14.4 Å². The van der Waals surface area contributed by atoms with Gasteiger partial charge in [0.25, 0.3) is 0 Å². The fraction of sp³-hybridized carbons (Fsp3) is 0.240. The number of amides is 1. The first kappa shape index (κ1) is 21.3. The number of benzene rings is 2. The number of nitrogens with zero attached hydrogens (tertiary/aromatic N) is 1. The molecule has 2 aliphatic heterocycles. The number of hydrogen-bond acceptors (Lipinski definition) is 6. The summed E-state index contributed by atoms with van der Waals surface area (Å²) in [4.78, 5) is 42.2. The van der Waals surface area contributed by atoms with Gasteiger partial charge in [0.2, 0.25) is 5.91 Å². The van der Waals surface area contributed by atoms with E-state index in [-0.39, 0.29) is 29.2 Å². The van der Waals surface area contributed by atoms with Crippen LogP contribution in [0.5, 0.6) is 0 Å². The maximum Gasteiger partial charge on any atom is 0.339 e. The molecule has 2 aromatic rings. The Morgan fingerprint density at radius 2 is 1.88 bits per heavy atom. The van der Waals surface area contributed by atoms with Crippen molar-refractivity contribution >= 4 is 40.6 Å². The summed E-state index contributed by atoms with van der Waals surface area (Å²) in [6, 6.07) is 12.5. The van der Waals surface area contributed by atoms with Crippen molar-refractivity contribution in [2.45, 2.75) is 31.6 Å². The first-order valence-electron chi connectivity index (χ1n) is 10.6. The third kappa shape index (κ3) is 2.85. The molecule has 0 radical (unpaired) electrons. The van der Waals surface area contributed by atoms with Crippen LogP contribution in [0.4, 0.5) is 11.4 Å². The summed E-state index contributed by atoms with van der Waals surface area (Å²) < 4.78 is 5.11. The molecule has 1 unspecified atom stereocenters. The summed E-state index contributed by atoms with van der Waals surface area (Å²) in [5.41, 5.74) is 8.38. The molecule has 5 rings (SSSR count). The molecule has 33 heavy (non-hydrogen) atoms. The molecule has 0 saturated carbocycles. The van der Waals surface area contributed by atoms with Crippen molar-refractivity contribution in [2.24, 2.45) is 5.73 Å². The number of hydrogen-bond donors (Lipinski definition) is 2. The molecule has 0 saturated heterocycles. The van der Waals surface area contributed by atoms with Crippen LogP contribution in [0.15, 0.2) is 65.1 Å². The normalized spacial score (nSPS) is 21.8. The number of halogens is 1. The summed E-state index contributed by atoms with van der Waals surface area (Å²) in [6.07, 6.45) is 1.40. The van der Waals surface area contributed by atoms with Gasteiger partial charge in [-0.15, -0.1) is 0 Å². The predicted octanol–water partition coefficient (Wildman–Crippen LogP) is 3.71. The minimum absolute atomic E-state index is 0.0575. The van der Waals surface area contributed by atoms with E-state index in [1.807, 2.05) is 31.2 Å². The zero-order valence-electron chi connectivity index (χ0n) is 18.2. The molecule has 0 bridgehead atoms. The van der Waals surface area contributed by atoms with Gasteiger partial charge in [-0.3, -0.25) is 14.5 Å². The van der Waals surface area contributed by atoms with E-state index in [0.717, 1.165) is 5.56 Å². The number of carbonyl (C=O) groups excluding carboxylic acids is 3. The number of esters is 1. The van der Waals surface area contributed by atoms with Crippen LogP contribution in [-0.2, 0) is 24.5 Å². The van der Waals surface area contributed by atoms with Crippen molar-refractivity contribution < 1.29 is 19.1 Å². The van der Waals surface area contributed by atoms with Gasteiger partial charge in [-0.1, -0.05) is 29.3 Å². The Morgan fingerprint density at radius 1 is 1.15 bits per heavy atom. The molecule has 7 nitrogen and oxygen atoms in total. The van der Waals surface area contributed by atoms with E-state index in [1.54, 1.807) is 23.1 Å². The van der Waals surface area contributed by atoms with Gasteiger partial charge in [-0.2, -0.15) is 0 Å². The number of allylic oxidation sites excluding steroid dienone is 1. The largest absolute Gasteiger partial charge is 0.466 e. The zero-order chi connectivity index (χ0) is 23.5. The second-order valence-electron chi connectivity index (χ2n) is 8.42. The molecule has 1 atom stereocenters. The summed E-state index contributed by atoms with van der Waals surface area (Å²) in [6.45, 7) is 1.96. The van der Waals surface area contributed by atoms with E-state index >= 15 is 0 Å². The van der Waals surface area contributed by atoms with E-state index in [4.69, 9.17) is 22.1 Å². The van der Waals surface area contributed by atoms with Crippen molar-refractivity contribution in [2.75, 3.05) is 17.3 Å². The van der Waals surface area contributed by atoms with Gasteiger partial charge < -0.3 is 15.8 Å². The quantitative estimate of drug-likeness (QED) is 0.658. The Kier molecular flexibility index (Phi) is 4.83. The number of methoxy groups -OCH3 is 1. The average Bonchev–Trinajstić information content (AvgIpc) is 3.06. The van der Waals surface area contributed by atoms with Crippen LogP contribution in [0.3, 0.4) is 0 Å². The molecule has 168 valence electrons. The minimum atomic E-state index is -1.73. The van der Waals surface area contributed by atoms with Crippen LogP contribution in [-0.4, -0.2) is 24.8 Å². The van der Waals surface area contributed by atoms with Gasteiger partial charge in [-0.05, 0) is 50.1 Å². The first-order chi connectivity index (χ1) is 15.8. The molecular formula is C25H22ClN3O4.